The number of carbonyl (C=O) groups excluding carboxylic acids is 1. The molecule has 9 heteroatoms. The maximum absolute atomic E-state index is 12.8. The summed E-state index contributed by atoms with van der Waals surface area (Å²) in [6.45, 7) is 3.93. The van der Waals surface area contributed by atoms with Crippen LogP contribution >= 0.6 is 0 Å². The number of cyclic esters (lactones) is 1. The van der Waals surface area contributed by atoms with Gasteiger partial charge in [0.25, 0.3) is 0 Å². The zero-order chi connectivity index (χ0) is 25.0. The molecule has 1 atom stereocenters. The van der Waals surface area contributed by atoms with Crippen molar-refractivity contribution in [3.63, 3.8) is 0 Å². The first-order valence-corrected chi connectivity index (χ1v) is 11.3. The number of carboxylic acid groups (broad SMARTS) is 1. The Labute approximate surface area is 197 Å². The second-order valence-electron chi connectivity index (χ2n) is 8.29. The lowest BCUT2D eigenvalue weighted by molar-refractivity contribution is -0.168. The quantitative estimate of drug-likeness (QED) is 0.266. The number of esters is 1. The fraction of sp³-hybridized carbons (Fsp3) is 0.440. The Morgan fingerprint density at radius 3 is 2.38 bits per heavy atom. The minimum atomic E-state index is -1.86. The molecule has 1 aliphatic rings. The number of hydrogen-bond donors (Lipinski definition) is 4. The lowest BCUT2D eigenvalue weighted by Crippen LogP contribution is -2.25. The van der Waals surface area contributed by atoms with Crippen LogP contribution in [0.3, 0.4) is 0 Å². The van der Waals surface area contributed by atoms with E-state index in [1.54, 1.807) is 0 Å². The zero-order valence-electron chi connectivity index (χ0n) is 19.5. The summed E-state index contributed by atoms with van der Waals surface area (Å²) in [6.07, 6.45) is 4.00. The van der Waals surface area contributed by atoms with Crippen molar-refractivity contribution in [3.05, 3.63) is 40.5 Å². The van der Waals surface area contributed by atoms with Crippen molar-refractivity contribution in [2.45, 2.75) is 64.6 Å². The number of ether oxygens (including phenoxy) is 3. The molecule has 1 heterocycles. The maximum atomic E-state index is 12.8. The van der Waals surface area contributed by atoms with Crippen LogP contribution in [-0.2, 0) is 16.9 Å². The van der Waals surface area contributed by atoms with Crippen LogP contribution in [0.4, 0.5) is 0 Å². The summed E-state index contributed by atoms with van der Waals surface area (Å²) < 4.78 is 16.6. The Balaban J connectivity index is 2.17. The van der Waals surface area contributed by atoms with Crippen LogP contribution in [0.15, 0.2) is 18.2 Å². The van der Waals surface area contributed by atoms with Gasteiger partial charge in [0.2, 0.25) is 5.79 Å². The van der Waals surface area contributed by atoms with E-state index in [9.17, 15) is 30.0 Å². The number of aromatic carboxylic acids is 1. The summed E-state index contributed by atoms with van der Waals surface area (Å²) in [7, 11) is 1.41. The monoisotopic (exact) mass is 474 g/mol. The van der Waals surface area contributed by atoms with Gasteiger partial charge in [-0.2, -0.15) is 0 Å². The van der Waals surface area contributed by atoms with Crippen molar-refractivity contribution in [2.75, 3.05) is 7.11 Å². The molecule has 0 fully saturated rings. The van der Waals surface area contributed by atoms with Crippen LogP contribution < -0.4 is 9.47 Å². The van der Waals surface area contributed by atoms with E-state index in [0.29, 0.717) is 12.8 Å². The number of unbranched alkanes of at least 4 members (excludes halogenated alkanes) is 3. The summed E-state index contributed by atoms with van der Waals surface area (Å²) in [5.74, 6) is -5.12. The van der Waals surface area contributed by atoms with Crippen molar-refractivity contribution >= 4 is 11.9 Å². The van der Waals surface area contributed by atoms with E-state index in [2.05, 4.69) is 0 Å². The van der Waals surface area contributed by atoms with Gasteiger partial charge in [0.1, 0.15) is 28.4 Å². The summed E-state index contributed by atoms with van der Waals surface area (Å²) in [4.78, 5) is 24.7. The average Bonchev–Trinajstić information content (AvgIpc) is 3.04. The molecular weight excluding hydrogens is 444 g/mol. The fourth-order valence-corrected chi connectivity index (χ4v) is 4.11. The predicted molar refractivity (Wildman–Crippen MR) is 122 cm³/mol. The topological polar surface area (TPSA) is 143 Å². The van der Waals surface area contributed by atoms with Gasteiger partial charge in [0.05, 0.1) is 7.11 Å². The van der Waals surface area contributed by atoms with Gasteiger partial charge in [-0.05, 0) is 25.3 Å². The van der Waals surface area contributed by atoms with Gasteiger partial charge in [-0.15, -0.1) is 0 Å². The molecule has 0 amide bonds. The highest BCUT2D eigenvalue weighted by Crippen LogP contribution is 2.48. The van der Waals surface area contributed by atoms with Gasteiger partial charge in [-0.3, -0.25) is 0 Å². The van der Waals surface area contributed by atoms with Gasteiger partial charge < -0.3 is 34.6 Å². The fourth-order valence-electron chi connectivity index (χ4n) is 4.11. The molecule has 0 saturated carbocycles. The van der Waals surface area contributed by atoms with Crippen LogP contribution in [0.5, 0.6) is 28.7 Å². The lowest BCUT2D eigenvalue weighted by Gasteiger charge is -2.22. The van der Waals surface area contributed by atoms with Gasteiger partial charge in [-0.25, -0.2) is 9.59 Å². The van der Waals surface area contributed by atoms with E-state index in [1.165, 1.54) is 19.2 Å². The highest BCUT2D eigenvalue weighted by atomic mass is 16.7. The Bertz CT molecular complexity index is 1090. The zero-order valence-corrected chi connectivity index (χ0v) is 19.5. The number of carboxylic acids is 1. The molecule has 1 aliphatic heterocycles. The number of hydrogen-bond acceptors (Lipinski definition) is 8. The lowest BCUT2D eigenvalue weighted by atomic mass is 9.96. The van der Waals surface area contributed by atoms with Crippen molar-refractivity contribution in [2.24, 2.45) is 0 Å². The average molecular weight is 475 g/mol. The molecular formula is C25H30O9. The predicted octanol–water partition coefficient (Wildman–Crippen LogP) is 4.84. The first kappa shape index (κ1) is 25.2. The summed E-state index contributed by atoms with van der Waals surface area (Å²) >= 11 is 0. The molecule has 2 aromatic rings. The maximum Gasteiger partial charge on any atom is 0.345 e. The molecule has 0 radical (unpaired) electrons. The summed E-state index contributed by atoms with van der Waals surface area (Å²) in [5, 5.41) is 41.5. The molecule has 4 N–H and O–H groups in total. The van der Waals surface area contributed by atoms with Crippen LogP contribution in [0.1, 0.15) is 84.2 Å². The van der Waals surface area contributed by atoms with Crippen LogP contribution in [0.25, 0.3) is 0 Å². The normalized spacial score (nSPS) is 16.8. The van der Waals surface area contributed by atoms with Gasteiger partial charge in [0.15, 0.2) is 11.5 Å². The number of aliphatic hydroxyl groups is 1. The molecule has 0 aliphatic carbocycles. The van der Waals surface area contributed by atoms with Crippen molar-refractivity contribution in [1.29, 1.82) is 0 Å². The molecule has 1 unspecified atom stereocenters. The number of phenolic OH excluding ortho intramolecular Hbond substituents is 1. The van der Waals surface area contributed by atoms with E-state index >= 15 is 0 Å². The molecule has 3 rings (SSSR count). The van der Waals surface area contributed by atoms with Crippen molar-refractivity contribution in [3.8, 4) is 28.7 Å². The summed E-state index contributed by atoms with van der Waals surface area (Å²) in [5.41, 5.74) is -0.152. The Hall–Kier alpha value is -3.46. The number of rotatable bonds is 11. The number of benzene rings is 2. The van der Waals surface area contributed by atoms with Gasteiger partial charge >= 0.3 is 11.9 Å². The van der Waals surface area contributed by atoms with E-state index in [1.807, 2.05) is 13.8 Å². The van der Waals surface area contributed by atoms with Gasteiger partial charge in [-0.1, -0.05) is 33.1 Å². The van der Waals surface area contributed by atoms with Crippen LogP contribution in [0.2, 0.25) is 0 Å². The van der Waals surface area contributed by atoms with Crippen LogP contribution in [0, 0.1) is 0 Å². The highest BCUT2D eigenvalue weighted by Gasteiger charge is 2.46. The van der Waals surface area contributed by atoms with Crippen LogP contribution in [-0.4, -0.2) is 39.5 Å². The second-order valence-corrected chi connectivity index (χ2v) is 8.29. The minimum absolute atomic E-state index is 0.0386. The van der Waals surface area contributed by atoms with Crippen molar-refractivity contribution in [1.82, 2.24) is 0 Å². The SMILES string of the molecule is CCCCCc1c(Oc2cc(OC)cc3c2C(=O)OC3(O)CCCC)c(O)cc(O)c1C(=O)O. The summed E-state index contributed by atoms with van der Waals surface area (Å²) in [6, 6.07) is 3.77. The van der Waals surface area contributed by atoms with Crippen molar-refractivity contribution < 1.29 is 44.2 Å². The van der Waals surface area contributed by atoms with E-state index in [0.717, 1.165) is 25.3 Å². The Kier molecular flexibility index (Phi) is 7.56. The molecule has 34 heavy (non-hydrogen) atoms. The van der Waals surface area contributed by atoms with E-state index in [4.69, 9.17) is 14.2 Å². The molecule has 2 aromatic carbocycles. The Morgan fingerprint density at radius 2 is 1.76 bits per heavy atom. The van der Waals surface area contributed by atoms with E-state index in [-0.39, 0.29) is 52.3 Å². The molecule has 0 bridgehead atoms. The number of aromatic hydroxyl groups is 2. The number of fused-ring (bicyclic) bond motifs is 1. The Morgan fingerprint density at radius 1 is 1.06 bits per heavy atom. The molecule has 9 nitrogen and oxygen atoms in total. The molecule has 0 spiro atoms. The number of methoxy groups -OCH3 is 1. The van der Waals surface area contributed by atoms with E-state index < -0.39 is 29.2 Å². The third-order valence-corrected chi connectivity index (χ3v) is 5.86. The number of phenols is 2. The van der Waals surface area contributed by atoms with Gasteiger partial charge in [0, 0.05) is 29.7 Å². The third kappa shape index (κ3) is 4.75. The molecule has 0 aromatic heterocycles. The minimum Gasteiger partial charge on any atom is -0.507 e. The first-order chi connectivity index (χ1) is 16.2. The number of carbonyl (C=O) groups is 2. The molecule has 184 valence electrons. The largest absolute Gasteiger partial charge is 0.507 e. The highest BCUT2D eigenvalue weighted by molar-refractivity contribution is 5.98. The second kappa shape index (κ2) is 10.2. The first-order valence-electron chi connectivity index (χ1n) is 11.3. The standard InChI is InChI=1S/C25H30O9/c1-4-6-8-9-15-20(23(28)29)17(26)13-18(27)22(15)33-19-12-14(32-3)11-16-21(19)24(30)34-25(16,31)10-7-5-2/h11-13,26-27,31H,4-10H2,1-3H3,(H,28,29). The molecule has 0 saturated heterocycles. The smallest absolute Gasteiger partial charge is 0.345 e. The third-order valence-electron chi connectivity index (χ3n) is 5.86.